The number of amides is 2. The first-order valence-corrected chi connectivity index (χ1v) is 16.0. The van der Waals surface area contributed by atoms with Crippen LogP contribution in [0.5, 0.6) is 0 Å². The van der Waals surface area contributed by atoms with Gasteiger partial charge in [-0.05, 0) is 88.8 Å². The number of nitrogens with zero attached hydrogens (tertiary/aromatic N) is 2. The molecule has 2 saturated carbocycles. The molecule has 1 N–H and O–H groups in total. The first kappa shape index (κ1) is 30.0. The van der Waals surface area contributed by atoms with Crippen molar-refractivity contribution in [1.82, 2.24) is 15.1 Å². The predicted molar refractivity (Wildman–Crippen MR) is 155 cm³/mol. The third-order valence-electron chi connectivity index (χ3n) is 10.5. The summed E-state index contributed by atoms with van der Waals surface area (Å²) in [5, 5.41) is 3.15. The molecule has 2 amide bonds. The topological polar surface area (TPSA) is 79.0 Å². The minimum Gasteiger partial charge on any atom is -0.466 e. The van der Waals surface area contributed by atoms with Crippen molar-refractivity contribution in [3.05, 3.63) is 35.6 Å². The molecular formula is C33H48FN3O4. The Labute approximate surface area is 244 Å². The van der Waals surface area contributed by atoms with Crippen LogP contribution >= 0.6 is 0 Å². The second-order valence-corrected chi connectivity index (χ2v) is 13.2. The molecule has 4 aliphatic rings. The number of fused-ring (bicyclic) bond motifs is 2. The van der Waals surface area contributed by atoms with Gasteiger partial charge in [-0.2, -0.15) is 0 Å². The number of piperidine rings is 2. The summed E-state index contributed by atoms with van der Waals surface area (Å²) in [6, 6.07) is 6.04. The normalized spacial score (nSPS) is 27.1. The van der Waals surface area contributed by atoms with Crippen LogP contribution in [0.25, 0.3) is 0 Å². The quantitative estimate of drug-likeness (QED) is 0.436. The maximum absolute atomic E-state index is 14.0. The van der Waals surface area contributed by atoms with E-state index in [0.29, 0.717) is 56.8 Å². The molecule has 0 aromatic heterocycles. The minimum atomic E-state index is -0.732. The number of nitrogens with one attached hydrogen (secondary N) is 1. The van der Waals surface area contributed by atoms with Gasteiger partial charge in [0, 0.05) is 38.1 Å². The van der Waals surface area contributed by atoms with Gasteiger partial charge in [0.15, 0.2) is 0 Å². The van der Waals surface area contributed by atoms with Gasteiger partial charge in [0.2, 0.25) is 11.8 Å². The number of likely N-dealkylation sites (tertiary alicyclic amines) is 2. The van der Waals surface area contributed by atoms with Crippen LogP contribution in [-0.2, 0) is 25.5 Å². The Hall–Kier alpha value is -2.48. The Morgan fingerprint density at radius 2 is 1.73 bits per heavy atom. The second-order valence-electron chi connectivity index (χ2n) is 13.2. The van der Waals surface area contributed by atoms with Crippen LogP contribution in [0.1, 0.15) is 84.1 Å². The number of hydrogen-bond donors (Lipinski definition) is 1. The van der Waals surface area contributed by atoms with E-state index in [-0.39, 0.29) is 35.6 Å². The predicted octanol–water partition coefficient (Wildman–Crippen LogP) is 4.72. The van der Waals surface area contributed by atoms with Crippen molar-refractivity contribution in [3.63, 3.8) is 0 Å². The van der Waals surface area contributed by atoms with Crippen molar-refractivity contribution < 1.29 is 23.5 Å². The molecule has 2 bridgehead atoms. The molecule has 2 saturated heterocycles. The summed E-state index contributed by atoms with van der Waals surface area (Å²) in [6.07, 6.45) is 8.95. The number of halogens is 1. The lowest BCUT2D eigenvalue weighted by Crippen LogP contribution is -2.57. The molecule has 1 aromatic rings. The van der Waals surface area contributed by atoms with E-state index in [9.17, 15) is 18.8 Å². The fourth-order valence-corrected chi connectivity index (χ4v) is 8.33. The van der Waals surface area contributed by atoms with Gasteiger partial charge in [0.05, 0.1) is 17.9 Å². The molecule has 226 valence electrons. The van der Waals surface area contributed by atoms with E-state index < -0.39 is 11.5 Å². The Kier molecular flexibility index (Phi) is 9.37. The zero-order valence-corrected chi connectivity index (χ0v) is 25.1. The zero-order chi connectivity index (χ0) is 29.1. The average Bonchev–Trinajstić information content (AvgIpc) is 3.60. The first-order valence-electron chi connectivity index (χ1n) is 16.0. The number of hydrogen-bond acceptors (Lipinski definition) is 5. The third kappa shape index (κ3) is 6.32. The standard InChI is InChI=1S/C33H48FN3O4/c1-4-41-32(40)33(25-8-6-5-7-9-25)14-16-36(17-15-33)31(39)28(19-23-10-12-26(34)13-11-23)35-30(38)27-18-24-20-29(27)37(21-24)22(2)3/h10-13,22,24-25,27-29H,4-9,14-21H2,1-3H3,(H,35,38)/t24-,27+,28-,29-/m1/s1. The maximum Gasteiger partial charge on any atom is 0.312 e. The molecule has 1 aromatic carbocycles. The number of rotatable bonds is 9. The number of ether oxygens (including phenoxy) is 1. The van der Waals surface area contributed by atoms with Gasteiger partial charge >= 0.3 is 5.97 Å². The van der Waals surface area contributed by atoms with Crippen LogP contribution in [-0.4, -0.2) is 72.0 Å². The summed E-state index contributed by atoms with van der Waals surface area (Å²) in [5.74, 6) is 0.0951. The highest BCUT2D eigenvalue weighted by atomic mass is 19.1. The smallest absolute Gasteiger partial charge is 0.312 e. The summed E-state index contributed by atoms with van der Waals surface area (Å²) >= 11 is 0. The van der Waals surface area contributed by atoms with E-state index in [1.165, 1.54) is 18.6 Å². The highest BCUT2D eigenvalue weighted by Crippen LogP contribution is 2.47. The SMILES string of the molecule is CCOC(=O)C1(C2CCCCC2)CCN(C(=O)[C@@H](Cc2ccc(F)cc2)NC(=O)[C@H]2C[C@@H]3C[C@H]2N(C(C)C)C3)CC1. The van der Waals surface area contributed by atoms with Crippen LogP contribution in [0, 0.1) is 29.0 Å². The summed E-state index contributed by atoms with van der Waals surface area (Å²) in [4.78, 5) is 45.3. The molecule has 4 fully saturated rings. The summed E-state index contributed by atoms with van der Waals surface area (Å²) < 4.78 is 19.2. The molecule has 2 aliphatic heterocycles. The fourth-order valence-electron chi connectivity index (χ4n) is 8.33. The largest absolute Gasteiger partial charge is 0.466 e. The van der Waals surface area contributed by atoms with Crippen molar-refractivity contribution in [2.45, 2.75) is 103 Å². The van der Waals surface area contributed by atoms with Crippen LogP contribution in [0.3, 0.4) is 0 Å². The highest BCUT2D eigenvalue weighted by molar-refractivity contribution is 5.89. The molecule has 0 radical (unpaired) electrons. The Morgan fingerprint density at radius 3 is 2.34 bits per heavy atom. The monoisotopic (exact) mass is 569 g/mol. The fraction of sp³-hybridized carbons (Fsp3) is 0.727. The molecule has 41 heavy (non-hydrogen) atoms. The zero-order valence-electron chi connectivity index (χ0n) is 25.1. The van der Waals surface area contributed by atoms with Gasteiger partial charge in [0.25, 0.3) is 0 Å². The first-order chi connectivity index (χ1) is 19.7. The number of esters is 1. The van der Waals surface area contributed by atoms with Gasteiger partial charge in [-0.1, -0.05) is 31.4 Å². The van der Waals surface area contributed by atoms with Crippen molar-refractivity contribution >= 4 is 17.8 Å². The molecule has 5 rings (SSSR count). The van der Waals surface area contributed by atoms with Crippen molar-refractivity contribution in [3.8, 4) is 0 Å². The highest BCUT2D eigenvalue weighted by Gasteiger charge is 2.51. The third-order valence-corrected chi connectivity index (χ3v) is 10.5. The number of benzene rings is 1. The molecule has 8 heteroatoms. The Bertz CT molecular complexity index is 1080. The lowest BCUT2D eigenvalue weighted by molar-refractivity contribution is -0.166. The second kappa shape index (κ2) is 12.8. The van der Waals surface area contributed by atoms with E-state index in [0.717, 1.165) is 50.6 Å². The van der Waals surface area contributed by atoms with Crippen LogP contribution in [0.4, 0.5) is 4.39 Å². The summed E-state index contributed by atoms with van der Waals surface area (Å²) in [7, 11) is 0. The van der Waals surface area contributed by atoms with Crippen LogP contribution in [0.2, 0.25) is 0 Å². The van der Waals surface area contributed by atoms with Gasteiger partial charge in [-0.25, -0.2) is 4.39 Å². The van der Waals surface area contributed by atoms with Crippen LogP contribution in [0.15, 0.2) is 24.3 Å². The molecule has 0 unspecified atom stereocenters. The molecular weight excluding hydrogens is 521 g/mol. The lowest BCUT2D eigenvalue weighted by Gasteiger charge is -2.46. The lowest BCUT2D eigenvalue weighted by atomic mass is 9.63. The summed E-state index contributed by atoms with van der Waals surface area (Å²) in [6.45, 7) is 8.55. The van der Waals surface area contributed by atoms with E-state index >= 15 is 0 Å². The summed E-state index contributed by atoms with van der Waals surface area (Å²) in [5.41, 5.74) is 0.272. The van der Waals surface area contributed by atoms with Gasteiger partial charge in [-0.3, -0.25) is 19.3 Å². The number of carbonyl (C=O) groups excluding carboxylic acids is 3. The molecule has 7 nitrogen and oxygen atoms in total. The van der Waals surface area contributed by atoms with Crippen LogP contribution < -0.4 is 5.32 Å². The minimum absolute atomic E-state index is 0.0524. The van der Waals surface area contributed by atoms with E-state index in [2.05, 4.69) is 24.1 Å². The van der Waals surface area contributed by atoms with E-state index in [1.54, 1.807) is 12.1 Å². The van der Waals surface area contributed by atoms with Gasteiger partial charge in [-0.15, -0.1) is 0 Å². The molecule has 4 atom stereocenters. The van der Waals surface area contributed by atoms with Gasteiger partial charge < -0.3 is 15.0 Å². The van der Waals surface area contributed by atoms with Crippen molar-refractivity contribution in [1.29, 1.82) is 0 Å². The average molecular weight is 570 g/mol. The van der Waals surface area contributed by atoms with E-state index in [4.69, 9.17) is 4.74 Å². The molecule has 2 heterocycles. The molecule has 0 spiro atoms. The van der Waals surface area contributed by atoms with E-state index in [1.807, 2.05) is 11.8 Å². The van der Waals surface area contributed by atoms with Crippen molar-refractivity contribution in [2.24, 2.45) is 23.2 Å². The van der Waals surface area contributed by atoms with Crippen molar-refractivity contribution in [2.75, 3.05) is 26.2 Å². The Morgan fingerprint density at radius 1 is 1.05 bits per heavy atom. The maximum atomic E-state index is 14.0. The van der Waals surface area contributed by atoms with Gasteiger partial charge in [0.1, 0.15) is 11.9 Å². The number of carbonyl (C=O) groups is 3. The Balaban J connectivity index is 1.31. The molecule has 2 aliphatic carbocycles.